The molecular weight excluding hydrogens is 495 g/mol. The number of fused-ring (bicyclic) bond motifs is 2. The lowest BCUT2D eigenvalue weighted by atomic mass is 10.1. The molecule has 5 rings (SSSR count). The lowest BCUT2D eigenvalue weighted by Gasteiger charge is -2.25. The number of nitrogens with zero attached hydrogens (tertiary/aromatic N) is 3. The predicted octanol–water partition coefficient (Wildman–Crippen LogP) is 2.32. The number of carbonyl (C=O) groups excluding carboxylic acids is 2. The van der Waals surface area contributed by atoms with Crippen LogP contribution in [-0.4, -0.2) is 65.6 Å². The third kappa shape index (κ3) is 4.08. The summed E-state index contributed by atoms with van der Waals surface area (Å²) in [5.41, 5.74) is 5.58. The molecule has 3 N–H and O–H groups in total. The maximum Gasteiger partial charge on any atom is 0.341 e. The molecule has 38 heavy (non-hydrogen) atoms. The zero-order valence-electron chi connectivity index (χ0n) is 20.8. The van der Waals surface area contributed by atoms with Gasteiger partial charge in [0.25, 0.3) is 11.8 Å². The number of aromatic nitrogens is 1. The number of nitrogens with two attached hydrogens (primary N) is 1. The van der Waals surface area contributed by atoms with Crippen molar-refractivity contribution in [2.75, 3.05) is 38.2 Å². The number of carboxylic acids is 1. The molecular formula is C27H27FN4O6. The highest BCUT2D eigenvalue weighted by Gasteiger charge is 2.35. The van der Waals surface area contributed by atoms with Crippen molar-refractivity contribution in [3.05, 3.63) is 69.3 Å². The van der Waals surface area contributed by atoms with Crippen molar-refractivity contribution in [2.45, 2.75) is 19.4 Å². The Balaban J connectivity index is 1.54. The van der Waals surface area contributed by atoms with E-state index in [0.717, 1.165) is 17.4 Å². The van der Waals surface area contributed by atoms with E-state index in [-0.39, 0.29) is 47.8 Å². The molecule has 198 valence electrons. The van der Waals surface area contributed by atoms with Crippen LogP contribution in [0, 0.1) is 11.7 Å². The summed E-state index contributed by atoms with van der Waals surface area (Å²) in [6, 6.07) is 7.62. The van der Waals surface area contributed by atoms with Crippen molar-refractivity contribution < 1.29 is 28.6 Å². The van der Waals surface area contributed by atoms with Gasteiger partial charge in [-0.05, 0) is 43.5 Å². The van der Waals surface area contributed by atoms with Crippen LogP contribution in [0.25, 0.3) is 10.9 Å². The van der Waals surface area contributed by atoms with Crippen molar-refractivity contribution in [1.82, 2.24) is 9.47 Å². The minimum absolute atomic E-state index is 0.0725. The Hall–Kier alpha value is -4.25. The number of hydrogen-bond donors (Lipinski definition) is 2. The van der Waals surface area contributed by atoms with Gasteiger partial charge in [0.2, 0.25) is 5.43 Å². The second kappa shape index (κ2) is 9.90. The number of ether oxygens (including phenoxy) is 1. The first-order chi connectivity index (χ1) is 18.3. The number of pyridine rings is 1. The Kier molecular flexibility index (Phi) is 6.62. The summed E-state index contributed by atoms with van der Waals surface area (Å²) in [4.78, 5) is 53.3. The van der Waals surface area contributed by atoms with Gasteiger partial charge >= 0.3 is 5.97 Å². The third-order valence-electron chi connectivity index (χ3n) is 7.27. The van der Waals surface area contributed by atoms with Crippen LogP contribution in [0.4, 0.5) is 10.1 Å². The Bertz CT molecular complexity index is 1500. The van der Waals surface area contributed by atoms with Crippen molar-refractivity contribution in [3.63, 3.8) is 0 Å². The minimum atomic E-state index is -1.44. The number of anilines is 1. The van der Waals surface area contributed by atoms with Crippen LogP contribution < -0.4 is 20.8 Å². The maximum absolute atomic E-state index is 15.4. The number of imide groups is 1. The Morgan fingerprint density at radius 3 is 2.42 bits per heavy atom. The molecule has 3 heterocycles. The van der Waals surface area contributed by atoms with Gasteiger partial charge in [-0.2, -0.15) is 0 Å². The van der Waals surface area contributed by atoms with E-state index in [4.69, 9.17) is 10.5 Å². The van der Waals surface area contributed by atoms with E-state index >= 15 is 4.39 Å². The van der Waals surface area contributed by atoms with Crippen molar-refractivity contribution in [1.29, 1.82) is 0 Å². The standard InChI is InChI=1S/C27H27FN4O6/c1-38-24-21-18(11-20(28)22(24)31-10-7-15(12-29)13-31)23(33)19(27(36)37)14-30(21)8-4-9-32-25(34)16-5-2-3-6-17(16)26(32)35/h2-3,5-6,11,14-15H,4,7-10,12-13,29H2,1H3,(H,36,37)/t15-/m0/s1. The van der Waals surface area contributed by atoms with Crippen molar-refractivity contribution >= 4 is 34.4 Å². The topological polar surface area (TPSA) is 135 Å². The van der Waals surface area contributed by atoms with Crippen LogP contribution in [0.5, 0.6) is 5.75 Å². The fourth-order valence-electron chi connectivity index (χ4n) is 5.37. The summed E-state index contributed by atoms with van der Waals surface area (Å²) < 4.78 is 22.6. The number of aryl methyl sites for hydroxylation is 1. The third-order valence-corrected chi connectivity index (χ3v) is 7.27. The molecule has 1 fully saturated rings. The van der Waals surface area contributed by atoms with Crippen LogP contribution in [-0.2, 0) is 6.54 Å². The van der Waals surface area contributed by atoms with E-state index in [1.165, 1.54) is 17.9 Å². The van der Waals surface area contributed by atoms with Gasteiger partial charge in [0.15, 0.2) is 11.6 Å². The SMILES string of the molecule is COc1c(N2CC[C@@H](CN)C2)c(F)cc2c(=O)c(C(=O)O)cn(CCCN3C(=O)c4ccccc4C3=O)c12. The fraction of sp³-hybridized carbons (Fsp3) is 0.333. The fourth-order valence-corrected chi connectivity index (χ4v) is 5.37. The first-order valence-corrected chi connectivity index (χ1v) is 12.3. The normalized spacial score (nSPS) is 17.0. The monoisotopic (exact) mass is 522 g/mol. The Morgan fingerprint density at radius 2 is 1.84 bits per heavy atom. The molecule has 2 aliphatic rings. The summed E-state index contributed by atoms with van der Waals surface area (Å²) in [6.07, 6.45) is 2.24. The summed E-state index contributed by atoms with van der Waals surface area (Å²) in [5, 5.41) is 9.51. The van der Waals surface area contributed by atoms with E-state index in [1.807, 2.05) is 4.90 Å². The summed E-state index contributed by atoms with van der Waals surface area (Å²) in [6.45, 7) is 1.74. The molecule has 1 saturated heterocycles. The highest BCUT2D eigenvalue weighted by atomic mass is 19.1. The zero-order valence-corrected chi connectivity index (χ0v) is 20.8. The molecule has 10 nitrogen and oxygen atoms in total. The molecule has 0 radical (unpaired) electrons. The number of amides is 2. The summed E-state index contributed by atoms with van der Waals surface area (Å²) >= 11 is 0. The summed E-state index contributed by atoms with van der Waals surface area (Å²) in [7, 11) is 1.37. The molecule has 1 aromatic heterocycles. The highest BCUT2D eigenvalue weighted by molar-refractivity contribution is 6.21. The Morgan fingerprint density at radius 1 is 1.16 bits per heavy atom. The highest BCUT2D eigenvalue weighted by Crippen LogP contribution is 2.40. The first-order valence-electron chi connectivity index (χ1n) is 12.3. The van der Waals surface area contributed by atoms with Gasteiger partial charge in [-0.1, -0.05) is 12.1 Å². The van der Waals surface area contributed by atoms with E-state index in [1.54, 1.807) is 24.3 Å². The molecule has 0 bridgehead atoms. The Labute approximate surface area is 217 Å². The van der Waals surface area contributed by atoms with Crippen molar-refractivity contribution in [3.8, 4) is 5.75 Å². The lowest BCUT2D eigenvalue weighted by molar-refractivity contribution is 0.0648. The second-order valence-corrected chi connectivity index (χ2v) is 9.50. The number of hydrogen-bond acceptors (Lipinski definition) is 7. The number of rotatable bonds is 8. The van der Waals surface area contributed by atoms with E-state index < -0.39 is 34.6 Å². The molecule has 2 aliphatic heterocycles. The van der Waals surface area contributed by atoms with Crippen LogP contribution in [0.15, 0.2) is 41.3 Å². The number of halogens is 1. The largest absolute Gasteiger partial charge is 0.492 e. The van der Waals surface area contributed by atoms with Crippen LogP contribution >= 0.6 is 0 Å². The average molecular weight is 523 g/mol. The molecule has 2 aromatic carbocycles. The molecule has 2 amide bonds. The quantitative estimate of drug-likeness (QED) is 0.431. The molecule has 3 aromatic rings. The van der Waals surface area contributed by atoms with Crippen LogP contribution in [0.2, 0.25) is 0 Å². The number of aromatic carboxylic acids is 1. The average Bonchev–Trinajstić information content (AvgIpc) is 3.48. The van der Waals surface area contributed by atoms with Gasteiger partial charge in [0.1, 0.15) is 11.3 Å². The van der Waals surface area contributed by atoms with Crippen LogP contribution in [0.3, 0.4) is 0 Å². The van der Waals surface area contributed by atoms with Gasteiger partial charge in [0.05, 0.1) is 29.1 Å². The second-order valence-electron chi connectivity index (χ2n) is 9.50. The smallest absolute Gasteiger partial charge is 0.341 e. The molecule has 0 spiro atoms. The predicted molar refractivity (Wildman–Crippen MR) is 137 cm³/mol. The summed E-state index contributed by atoms with van der Waals surface area (Å²) in [5.74, 6) is -2.62. The number of benzene rings is 2. The van der Waals surface area contributed by atoms with Gasteiger partial charge in [-0.3, -0.25) is 19.3 Å². The van der Waals surface area contributed by atoms with Gasteiger partial charge in [-0.15, -0.1) is 0 Å². The molecule has 0 aliphatic carbocycles. The number of carbonyl (C=O) groups is 3. The molecule has 1 atom stereocenters. The number of methoxy groups -OCH3 is 1. The van der Waals surface area contributed by atoms with Gasteiger partial charge < -0.3 is 25.0 Å². The molecule has 0 saturated carbocycles. The van der Waals surface area contributed by atoms with E-state index in [9.17, 15) is 24.3 Å². The van der Waals surface area contributed by atoms with Gasteiger partial charge in [-0.25, -0.2) is 9.18 Å². The van der Waals surface area contributed by atoms with Crippen LogP contribution in [0.1, 0.15) is 43.9 Å². The van der Waals surface area contributed by atoms with E-state index in [0.29, 0.717) is 30.8 Å². The molecule has 11 heteroatoms. The number of carboxylic acid groups (broad SMARTS) is 1. The maximum atomic E-state index is 15.4. The zero-order chi connectivity index (χ0) is 27.1. The first kappa shape index (κ1) is 25.4. The van der Waals surface area contributed by atoms with Crippen molar-refractivity contribution in [2.24, 2.45) is 11.7 Å². The lowest BCUT2D eigenvalue weighted by Crippen LogP contribution is -2.31. The van der Waals surface area contributed by atoms with Gasteiger partial charge in [0, 0.05) is 32.4 Å². The minimum Gasteiger partial charge on any atom is -0.492 e. The molecule has 0 unspecified atom stereocenters. The van der Waals surface area contributed by atoms with E-state index in [2.05, 4.69) is 0 Å².